The highest BCUT2D eigenvalue weighted by Gasteiger charge is 2.08. The minimum absolute atomic E-state index is 0.564. The van der Waals surface area contributed by atoms with Crippen molar-refractivity contribution in [2.75, 3.05) is 35.2 Å². The Kier molecular flexibility index (Phi) is 8.55. The predicted octanol–water partition coefficient (Wildman–Crippen LogP) is 4.55. The molecule has 0 saturated carbocycles. The van der Waals surface area contributed by atoms with Gasteiger partial charge in [0, 0.05) is 41.8 Å². The number of nitrogens with zero attached hydrogens (tertiary/aromatic N) is 4. The number of anilines is 2. The number of hydrazone groups is 1. The third-order valence-electron chi connectivity index (χ3n) is 4.03. The van der Waals surface area contributed by atoms with Crippen LogP contribution in [0.1, 0.15) is 22.6 Å². The molecule has 0 radical (unpaired) electrons. The van der Waals surface area contributed by atoms with Gasteiger partial charge in [-0.3, -0.25) is 5.43 Å². The number of hydrogen-bond acceptors (Lipinski definition) is 5. The first-order valence-corrected chi connectivity index (χ1v) is 9.87. The number of alkyl halides is 2. The molecule has 27 heavy (non-hydrogen) atoms. The van der Waals surface area contributed by atoms with E-state index >= 15 is 0 Å². The van der Waals surface area contributed by atoms with Gasteiger partial charge in [0.1, 0.15) is 5.82 Å². The van der Waals surface area contributed by atoms with E-state index in [9.17, 15) is 0 Å². The standard InChI is InChI=1S/C20H25Cl2N5/c1-4-5-19-15(2)24-16(3)25-20(19)26-23-14-17-6-8-18(9-7-17)27(12-10-21)13-11-22/h4,6-9,14H,1,5,10-13H2,2-3H3,(H,24,25,26)/b23-14+. The summed E-state index contributed by atoms with van der Waals surface area (Å²) in [6.45, 7) is 9.16. The van der Waals surface area contributed by atoms with Crippen LogP contribution in [0.3, 0.4) is 0 Å². The topological polar surface area (TPSA) is 53.4 Å². The van der Waals surface area contributed by atoms with E-state index in [0.717, 1.165) is 35.6 Å². The van der Waals surface area contributed by atoms with E-state index in [0.29, 0.717) is 29.8 Å². The molecule has 1 N–H and O–H groups in total. The molecule has 144 valence electrons. The van der Waals surface area contributed by atoms with Gasteiger partial charge in [0.05, 0.1) is 6.21 Å². The van der Waals surface area contributed by atoms with Crippen molar-refractivity contribution in [1.29, 1.82) is 0 Å². The second kappa shape index (κ2) is 10.9. The maximum absolute atomic E-state index is 5.87. The molecule has 0 atom stereocenters. The van der Waals surface area contributed by atoms with Crippen molar-refractivity contribution < 1.29 is 0 Å². The van der Waals surface area contributed by atoms with E-state index in [2.05, 4.69) is 32.0 Å². The Balaban J connectivity index is 2.09. The van der Waals surface area contributed by atoms with Crippen LogP contribution >= 0.6 is 23.2 Å². The maximum atomic E-state index is 5.87. The molecule has 1 aromatic carbocycles. The van der Waals surface area contributed by atoms with Crippen LogP contribution in [0.5, 0.6) is 0 Å². The van der Waals surface area contributed by atoms with Crippen molar-refractivity contribution in [3.63, 3.8) is 0 Å². The van der Waals surface area contributed by atoms with Crippen LogP contribution in [0, 0.1) is 13.8 Å². The molecule has 0 fully saturated rings. The monoisotopic (exact) mass is 405 g/mol. The minimum atomic E-state index is 0.564. The van der Waals surface area contributed by atoms with Gasteiger partial charge in [-0.15, -0.1) is 29.8 Å². The van der Waals surface area contributed by atoms with Crippen molar-refractivity contribution in [2.24, 2.45) is 5.10 Å². The SMILES string of the molecule is C=CCc1c(C)nc(C)nc1N/N=C/c1ccc(N(CCCl)CCCl)cc1. The molecule has 0 unspecified atom stereocenters. The summed E-state index contributed by atoms with van der Waals surface area (Å²) in [5.74, 6) is 2.55. The number of aryl methyl sites for hydroxylation is 2. The quantitative estimate of drug-likeness (QED) is 0.272. The molecular formula is C20H25Cl2N5. The van der Waals surface area contributed by atoms with Gasteiger partial charge in [-0.2, -0.15) is 5.10 Å². The van der Waals surface area contributed by atoms with Crippen LogP contribution in [-0.2, 0) is 6.42 Å². The molecule has 0 aliphatic heterocycles. The second-order valence-corrected chi connectivity index (χ2v) is 6.76. The molecule has 0 spiro atoms. The van der Waals surface area contributed by atoms with Crippen molar-refractivity contribution in [3.05, 3.63) is 59.6 Å². The van der Waals surface area contributed by atoms with Crippen molar-refractivity contribution in [3.8, 4) is 0 Å². The number of nitrogens with one attached hydrogen (secondary N) is 1. The largest absolute Gasteiger partial charge is 0.369 e. The molecule has 5 nitrogen and oxygen atoms in total. The fourth-order valence-corrected chi connectivity index (χ4v) is 3.14. The Morgan fingerprint density at radius 2 is 1.78 bits per heavy atom. The first-order chi connectivity index (χ1) is 13.1. The van der Waals surface area contributed by atoms with E-state index in [1.54, 1.807) is 6.21 Å². The normalized spacial score (nSPS) is 11.0. The van der Waals surface area contributed by atoms with Gasteiger partial charge in [-0.1, -0.05) is 18.2 Å². The lowest BCUT2D eigenvalue weighted by atomic mass is 10.1. The fraction of sp³-hybridized carbons (Fsp3) is 0.350. The Labute approximate surface area is 171 Å². The van der Waals surface area contributed by atoms with Crippen LogP contribution in [0.25, 0.3) is 0 Å². The summed E-state index contributed by atoms with van der Waals surface area (Å²) in [5.41, 5.74) is 7.04. The predicted molar refractivity (Wildman–Crippen MR) is 117 cm³/mol. The lowest BCUT2D eigenvalue weighted by Gasteiger charge is -2.22. The van der Waals surface area contributed by atoms with E-state index in [4.69, 9.17) is 23.2 Å². The van der Waals surface area contributed by atoms with Crippen LogP contribution in [0.2, 0.25) is 0 Å². The summed E-state index contributed by atoms with van der Waals surface area (Å²) < 4.78 is 0. The number of rotatable bonds is 10. The van der Waals surface area contributed by atoms with Crippen LogP contribution in [0.4, 0.5) is 11.5 Å². The summed E-state index contributed by atoms with van der Waals surface area (Å²) in [5, 5.41) is 4.33. The maximum Gasteiger partial charge on any atom is 0.153 e. The lowest BCUT2D eigenvalue weighted by molar-refractivity contribution is 0.874. The second-order valence-electron chi connectivity index (χ2n) is 6.00. The van der Waals surface area contributed by atoms with E-state index < -0.39 is 0 Å². The molecule has 0 amide bonds. The van der Waals surface area contributed by atoms with Gasteiger partial charge in [0.2, 0.25) is 0 Å². The first kappa shape index (κ1) is 21.2. The highest BCUT2D eigenvalue weighted by Crippen LogP contribution is 2.18. The zero-order valence-corrected chi connectivity index (χ0v) is 17.3. The van der Waals surface area contributed by atoms with Crippen molar-refractivity contribution >= 4 is 40.9 Å². The van der Waals surface area contributed by atoms with Gasteiger partial charge in [-0.05, 0) is 38.0 Å². The number of allylic oxidation sites excluding steroid dienone is 1. The number of benzene rings is 1. The summed E-state index contributed by atoms with van der Waals surface area (Å²) in [6.07, 6.45) is 4.29. The zero-order chi connectivity index (χ0) is 19.6. The van der Waals surface area contributed by atoms with Gasteiger partial charge in [0.15, 0.2) is 5.82 Å². The average Bonchev–Trinajstić information content (AvgIpc) is 2.65. The summed E-state index contributed by atoms with van der Waals surface area (Å²) >= 11 is 11.7. The molecule has 2 rings (SSSR count). The number of halogens is 2. The Hall–Kier alpha value is -2.11. The Morgan fingerprint density at radius 1 is 1.11 bits per heavy atom. The third kappa shape index (κ3) is 6.22. The minimum Gasteiger partial charge on any atom is -0.369 e. The van der Waals surface area contributed by atoms with E-state index in [-0.39, 0.29) is 0 Å². The van der Waals surface area contributed by atoms with Gasteiger partial charge in [0.25, 0.3) is 0 Å². The Morgan fingerprint density at radius 3 is 2.37 bits per heavy atom. The first-order valence-electron chi connectivity index (χ1n) is 8.80. The van der Waals surface area contributed by atoms with Gasteiger partial charge >= 0.3 is 0 Å². The Bertz CT molecular complexity index is 769. The van der Waals surface area contributed by atoms with Gasteiger partial charge in [-0.25, -0.2) is 9.97 Å². The molecule has 0 bridgehead atoms. The molecule has 0 aliphatic rings. The molecule has 1 heterocycles. The van der Waals surface area contributed by atoms with Crippen LogP contribution in [0.15, 0.2) is 42.0 Å². The molecule has 7 heteroatoms. The van der Waals surface area contributed by atoms with E-state index in [1.165, 1.54) is 0 Å². The summed E-state index contributed by atoms with van der Waals surface area (Å²) in [7, 11) is 0. The average molecular weight is 406 g/mol. The van der Waals surface area contributed by atoms with Crippen LogP contribution < -0.4 is 10.3 Å². The van der Waals surface area contributed by atoms with Crippen LogP contribution in [-0.4, -0.2) is 41.0 Å². The molecule has 0 aliphatic carbocycles. The van der Waals surface area contributed by atoms with E-state index in [1.807, 2.05) is 44.2 Å². The third-order valence-corrected chi connectivity index (χ3v) is 4.36. The summed E-state index contributed by atoms with van der Waals surface area (Å²) in [6, 6.07) is 8.11. The number of hydrogen-bond donors (Lipinski definition) is 1. The summed E-state index contributed by atoms with van der Waals surface area (Å²) in [4.78, 5) is 11.0. The fourth-order valence-electron chi connectivity index (χ4n) is 2.73. The molecule has 2 aromatic rings. The van der Waals surface area contributed by atoms with Crippen molar-refractivity contribution in [1.82, 2.24) is 9.97 Å². The molecular weight excluding hydrogens is 381 g/mol. The smallest absolute Gasteiger partial charge is 0.153 e. The number of aromatic nitrogens is 2. The highest BCUT2D eigenvalue weighted by atomic mass is 35.5. The molecule has 1 aromatic heterocycles. The van der Waals surface area contributed by atoms with Gasteiger partial charge < -0.3 is 4.90 Å². The molecule has 0 saturated heterocycles. The highest BCUT2D eigenvalue weighted by molar-refractivity contribution is 6.18. The van der Waals surface area contributed by atoms with Crippen molar-refractivity contribution in [2.45, 2.75) is 20.3 Å². The lowest BCUT2D eigenvalue weighted by Crippen LogP contribution is -2.27. The zero-order valence-electron chi connectivity index (χ0n) is 15.8.